The van der Waals surface area contributed by atoms with Gasteiger partial charge in [-0.25, -0.2) is 4.79 Å². The van der Waals surface area contributed by atoms with Gasteiger partial charge in [0.05, 0.1) is 27.4 Å². The lowest BCUT2D eigenvalue weighted by Gasteiger charge is -2.18. The van der Waals surface area contributed by atoms with E-state index in [1.54, 1.807) is 13.2 Å². The first-order valence-corrected chi connectivity index (χ1v) is 11.1. The number of aromatic amines is 1. The molecule has 0 aliphatic carbocycles. The first kappa shape index (κ1) is 25.6. The molecule has 1 aromatic heterocycles. The highest BCUT2D eigenvalue weighted by atomic mass is 16.5. The number of aromatic nitrogens is 2. The Morgan fingerprint density at radius 2 is 1.77 bits per heavy atom. The molecule has 0 radical (unpaired) electrons. The van der Waals surface area contributed by atoms with Crippen molar-refractivity contribution in [1.29, 1.82) is 0 Å². The molecule has 3 aromatic rings. The molecular formula is C25H30N4O6. The number of hydrogen-bond acceptors (Lipinski definition) is 7. The molecule has 10 heteroatoms. The van der Waals surface area contributed by atoms with Crippen molar-refractivity contribution in [2.75, 3.05) is 38.6 Å². The maximum Gasteiger partial charge on any atom is 0.330 e. The van der Waals surface area contributed by atoms with Crippen molar-refractivity contribution in [1.82, 2.24) is 9.55 Å². The van der Waals surface area contributed by atoms with Crippen molar-refractivity contribution >= 4 is 17.4 Å². The molecule has 0 unspecified atom stereocenters. The van der Waals surface area contributed by atoms with Crippen molar-refractivity contribution in [3.05, 3.63) is 80.5 Å². The molecule has 186 valence electrons. The van der Waals surface area contributed by atoms with E-state index >= 15 is 0 Å². The van der Waals surface area contributed by atoms with Crippen molar-refractivity contribution in [2.24, 2.45) is 0 Å². The number of H-pyrrole nitrogens is 1. The maximum absolute atomic E-state index is 12.9. The van der Waals surface area contributed by atoms with E-state index < -0.39 is 11.2 Å². The van der Waals surface area contributed by atoms with Crippen LogP contribution in [0.1, 0.15) is 17.5 Å². The van der Waals surface area contributed by atoms with Crippen LogP contribution in [0, 0.1) is 0 Å². The zero-order valence-electron chi connectivity index (χ0n) is 20.1. The summed E-state index contributed by atoms with van der Waals surface area (Å²) >= 11 is 0. The summed E-state index contributed by atoms with van der Waals surface area (Å²) in [5.74, 6) is 0.852. The number of ether oxygens (including phenoxy) is 3. The molecule has 0 aliphatic heterocycles. The van der Waals surface area contributed by atoms with Gasteiger partial charge in [0, 0.05) is 20.1 Å². The standard InChI is InChI=1S/C25H30N4O6/c1-33-15-14-29-23(21(24(31)28-25(29)32)26-16-17-8-5-4-6-9-17)27-20(30)13-12-18-10-7-11-19(34-2)22(18)35-3/h4-11,26H,12-16H2,1-3H3,(H,27,30)(H,28,31,32). The number of amides is 1. The van der Waals surface area contributed by atoms with Crippen LogP contribution in [0.4, 0.5) is 11.5 Å². The third-order valence-corrected chi connectivity index (χ3v) is 5.39. The average molecular weight is 483 g/mol. The minimum atomic E-state index is -0.637. The Hall–Kier alpha value is -4.05. The zero-order valence-corrected chi connectivity index (χ0v) is 20.1. The molecule has 3 rings (SSSR count). The smallest absolute Gasteiger partial charge is 0.330 e. The molecule has 10 nitrogen and oxygen atoms in total. The van der Waals surface area contributed by atoms with E-state index in [0.29, 0.717) is 24.5 Å². The SMILES string of the molecule is COCCn1c(NC(=O)CCc2cccc(OC)c2OC)c(NCc2ccccc2)c(=O)[nH]c1=O. The van der Waals surface area contributed by atoms with E-state index in [1.807, 2.05) is 42.5 Å². The van der Waals surface area contributed by atoms with Gasteiger partial charge < -0.3 is 24.8 Å². The molecular weight excluding hydrogens is 452 g/mol. The van der Waals surface area contributed by atoms with Crippen LogP contribution in [0.2, 0.25) is 0 Å². The van der Waals surface area contributed by atoms with Crippen LogP contribution in [-0.4, -0.2) is 43.4 Å². The van der Waals surface area contributed by atoms with Gasteiger partial charge in [0.25, 0.3) is 5.56 Å². The van der Waals surface area contributed by atoms with Gasteiger partial charge in [-0.05, 0) is 23.6 Å². The van der Waals surface area contributed by atoms with E-state index in [1.165, 1.54) is 18.8 Å². The summed E-state index contributed by atoms with van der Waals surface area (Å²) in [7, 11) is 4.59. The molecule has 0 aliphatic rings. The van der Waals surface area contributed by atoms with Crippen molar-refractivity contribution in [3.63, 3.8) is 0 Å². The van der Waals surface area contributed by atoms with Crippen molar-refractivity contribution < 1.29 is 19.0 Å². The molecule has 0 saturated carbocycles. The fourth-order valence-corrected chi connectivity index (χ4v) is 3.64. The van der Waals surface area contributed by atoms with Gasteiger partial charge in [-0.1, -0.05) is 42.5 Å². The number of hydrogen-bond donors (Lipinski definition) is 3. The summed E-state index contributed by atoms with van der Waals surface area (Å²) < 4.78 is 17.1. The Morgan fingerprint density at radius 1 is 1.00 bits per heavy atom. The Labute approximate surface area is 202 Å². The predicted molar refractivity (Wildman–Crippen MR) is 133 cm³/mol. The number of methoxy groups -OCH3 is 3. The highest BCUT2D eigenvalue weighted by molar-refractivity contribution is 5.93. The quantitative estimate of drug-likeness (QED) is 0.362. The first-order valence-electron chi connectivity index (χ1n) is 11.1. The van der Waals surface area contributed by atoms with Crippen LogP contribution in [0.25, 0.3) is 0 Å². The van der Waals surface area contributed by atoms with Gasteiger partial charge in [0.1, 0.15) is 11.5 Å². The molecule has 3 N–H and O–H groups in total. The second-order valence-electron chi connectivity index (χ2n) is 7.67. The summed E-state index contributed by atoms with van der Waals surface area (Å²) in [6.45, 7) is 0.690. The van der Waals surface area contributed by atoms with Crippen molar-refractivity contribution in [3.8, 4) is 11.5 Å². The predicted octanol–water partition coefficient (Wildman–Crippen LogP) is 2.38. The van der Waals surface area contributed by atoms with Gasteiger partial charge in [0.15, 0.2) is 11.5 Å². The number of nitrogens with one attached hydrogen (secondary N) is 3. The number of nitrogens with zero attached hydrogens (tertiary/aromatic N) is 1. The zero-order chi connectivity index (χ0) is 25.2. The number of anilines is 2. The number of rotatable bonds is 12. The minimum Gasteiger partial charge on any atom is -0.493 e. The van der Waals surface area contributed by atoms with Gasteiger partial charge in [-0.15, -0.1) is 0 Å². The fourth-order valence-electron chi connectivity index (χ4n) is 3.64. The van der Waals surface area contributed by atoms with Gasteiger partial charge in [0.2, 0.25) is 5.91 Å². The van der Waals surface area contributed by atoms with E-state index in [2.05, 4.69) is 15.6 Å². The average Bonchev–Trinajstić information content (AvgIpc) is 2.87. The Kier molecular flexibility index (Phi) is 9.08. The Bertz CT molecular complexity index is 1250. The molecule has 0 saturated heterocycles. The number of aryl methyl sites for hydroxylation is 1. The van der Waals surface area contributed by atoms with Crippen LogP contribution >= 0.6 is 0 Å². The third kappa shape index (κ3) is 6.51. The summed E-state index contributed by atoms with van der Waals surface area (Å²) in [4.78, 5) is 40.5. The maximum atomic E-state index is 12.9. The minimum absolute atomic E-state index is 0.0902. The lowest BCUT2D eigenvalue weighted by Crippen LogP contribution is -2.36. The van der Waals surface area contributed by atoms with Gasteiger partial charge in [-0.3, -0.25) is 19.1 Å². The summed E-state index contributed by atoms with van der Waals surface area (Å²) in [5.41, 5.74) is 0.569. The molecule has 0 spiro atoms. The van der Waals surface area contributed by atoms with E-state index in [4.69, 9.17) is 14.2 Å². The fraction of sp³-hybridized carbons (Fsp3) is 0.320. The third-order valence-electron chi connectivity index (χ3n) is 5.39. The Balaban J connectivity index is 1.86. The van der Waals surface area contributed by atoms with Crippen LogP contribution in [-0.2, 0) is 29.0 Å². The molecule has 2 aromatic carbocycles. The second-order valence-corrected chi connectivity index (χ2v) is 7.67. The van der Waals surface area contributed by atoms with E-state index in [9.17, 15) is 14.4 Å². The van der Waals surface area contributed by atoms with Crippen LogP contribution < -0.4 is 31.4 Å². The number of carbonyl (C=O) groups excluding carboxylic acids is 1. The lowest BCUT2D eigenvalue weighted by atomic mass is 10.1. The summed E-state index contributed by atoms with van der Waals surface area (Å²) in [6.07, 6.45) is 0.456. The van der Waals surface area contributed by atoms with Crippen LogP contribution in [0.3, 0.4) is 0 Å². The van der Waals surface area contributed by atoms with E-state index in [0.717, 1.165) is 11.1 Å². The molecule has 1 heterocycles. The van der Waals surface area contributed by atoms with Crippen molar-refractivity contribution in [2.45, 2.75) is 25.9 Å². The molecule has 35 heavy (non-hydrogen) atoms. The number of carbonyl (C=O) groups is 1. The highest BCUT2D eigenvalue weighted by Gasteiger charge is 2.18. The second kappa shape index (κ2) is 12.4. The van der Waals surface area contributed by atoms with Crippen LogP contribution in [0.15, 0.2) is 58.1 Å². The number of para-hydroxylation sites is 1. The molecule has 0 atom stereocenters. The largest absolute Gasteiger partial charge is 0.493 e. The van der Waals surface area contributed by atoms with E-state index in [-0.39, 0.29) is 37.0 Å². The molecule has 0 fully saturated rings. The molecule has 1 amide bonds. The Morgan fingerprint density at radius 3 is 2.46 bits per heavy atom. The van der Waals surface area contributed by atoms with Gasteiger partial charge in [-0.2, -0.15) is 0 Å². The van der Waals surface area contributed by atoms with Gasteiger partial charge >= 0.3 is 5.69 Å². The lowest BCUT2D eigenvalue weighted by molar-refractivity contribution is -0.116. The van der Waals surface area contributed by atoms with Crippen LogP contribution in [0.5, 0.6) is 11.5 Å². The normalized spacial score (nSPS) is 10.6. The summed E-state index contributed by atoms with van der Waals surface area (Å²) in [6, 6.07) is 14.9. The first-order chi connectivity index (χ1) is 17.0. The summed E-state index contributed by atoms with van der Waals surface area (Å²) in [5, 5.41) is 5.82. The monoisotopic (exact) mass is 482 g/mol. The molecule has 0 bridgehead atoms. The topological polar surface area (TPSA) is 124 Å². The number of benzene rings is 2. The highest BCUT2D eigenvalue weighted by Crippen LogP contribution is 2.31.